The number of carbonyl (C=O) groups is 1. The average molecular weight is 352 g/mol. The lowest BCUT2D eigenvalue weighted by Crippen LogP contribution is -2.40. The highest BCUT2D eigenvalue weighted by Crippen LogP contribution is 2.27. The fourth-order valence-electron chi connectivity index (χ4n) is 2.98. The molecular weight excluding hydrogens is 332 g/mol. The summed E-state index contributed by atoms with van der Waals surface area (Å²) in [6.07, 6.45) is 3.22. The third kappa shape index (κ3) is 4.28. The van der Waals surface area contributed by atoms with E-state index in [4.69, 9.17) is 10.00 Å². The van der Waals surface area contributed by atoms with E-state index in [9.17, 15) is 9.90 Å². The highest BCUT2D eigenvalue weighted by molar-refractivity contribution is 5.92. The van der Waals surface area contributed by atoms with Crippen LogP contribution in [-0.4, -0.2) is 33.4 Å². The third-order valence-corrected chi connectivity index (χ3v) is 4.43. The minimum Gasteiger partial charge on any atom is -0.506 e. The molecule has 0 bridgehead atoms. The standard InChI is InChI=1S/C19H20N4O3/c1-12-2-9-17(23-22-12)19(25)21-14-4-7-15(8-5-14)26-16-6-3-13(11-20)18(24)10-16/h2-3,6,9-10,14-15,24H,4-5,7-8H2,1H3,(H,21,25)/t14-,15-. The summed E-state index contributed by atoms with van der Waals surface area (Å²) in [4.78, 5) is 12.2. The van der Waals surface area contributed by atoms with Gasteiger partial charge in [-0.2, -0.15) is 10.4 Å². The molecular formula is C19H20N4O3. The summed E-state index contributed by atoms with van der Waals surface area (Å²) >= 11 is 0. The van der Waals surface area contributed by atoms with Crippen LogP contribution < -0.4 is 10.1 Å². The first-order valence-electron chi connectivity index (χ1n) is 8.56. The van der Waals surface area contributed by atoms with Crippen LogP contribution in [0.15, 0.2) is 30.3 Å². The van der Waals surface area contributed by atoms with Crippen LogP contribution in [0.2, 0.25) is 0 Å². The Hall–Kier alpha value is -3.14. The van der Waals surface area contributed by atoms with Gasteiger partial charge in [-0.25, -0.2) is 0 Å². The molecule has 1 fully saturated rings. The Morgan fingerprint density at radius 1 is 1.23 bits per heavy atom. The van der Waals surface area contributed by atoms with Crippen molar-refractivity contribution in [3.8, 4) is 17.6 Å². The minimum atomic E-state index is -0.209. The van der Waals surface area contributed by atoms with Gasteiger partial charge in [-0.15, -0.1) is 5.10 Å². The predicted octanol–water partition coefficient (Wildman–Crippen LogP) is 2.48. The van der Waals surface area contributed by atoms with Crippen molar-refractivity contribution in [1.82, 2.24) is 15.5 Å². The molecule has 0 atom stereocenters. The summed E-state index contributed by atoms with van der Waals surface area (Å²) in [6.45, 7) is 1.82. The van der Waals surface area contributed by atoms with E-state index >= 15 is 0 Å². The van der Waals surface area contributed by atoms with Gasteiger partial charge in [0.15, 0.2) is 5.69 Å². The molecule has 1 aromatic carbocycles. The van der Waals surface area contributed by atoms with Gasteiger partial charge in [-0.3, -0.25) is 4.79 Å². The molecule has 3 rings (SSSR count). The number of nitriles is 1. The number of nitrogens with one attached hydrogen (secondary N) is 1. The number of ether oxygens (including phenoxy) is 1. The van der Waals surface area contributed by atoms with Gasteiger partial charge in [0.2, 0.25) is 0 Å². The Bertz CT molecular complexity index is 822. The minimum absolute atomic E-state index is 0.0228. The number of hydrogen-bond donors (Lipinski definition) is 2. The number of phenolic OH excluding ortho intramolecular Hbond substituents is 1. The van der Waals surface area contributed by atoms with Crippen LogP contribution in [0.5, 0.6) is 11.5 Å². The first-order valence-corrected chi connectivity index (χ1v) is 8.56. The lowest BCUT2D eigenvalue weighted by atomic mass is 9.92. The van der Waals surface area contributed by atoms with Crippen molar-refractivity contribution in [3.63, 3.8) is 0 Å². The van der Waals surface area contributed by atoms with E-state index in [0.717, 1.165) is 31.4 Å². The van der Waals surface area contributed by atoms with E-state index < -0.39 is 0 Å². The summed E-state index contributed by atoms with van der Waals surface area (Å²) in [6, 6.07) is 10.1. The van der Waals surface area contributed by atoms with Gasteiger partial charge in [0.05, 0.1) is 17.4 Å². The van der Waals surface area contributed by atoms with Gasteiger partial charge < -0.3 is 15.2 Å². The molecule has 7 nitrogen and oxygen atoms in total. The topological polar surface area (TPSA) is 108 Å². The zero-order chi connectivity index (χ0) is 18.5. The SMILES string of the molecule is Cc1ccc(C(=O)N[C@H]2CC[C@H](Oc3ccc(C#N)c(O)c3)CC2)nn1. The average Bonchev–Trinajstić information content (AvgIpc) is 2.64. The predicted molar refractivity (Wildman–Crippen MR) is 93.7 cm³/mol. The molecule has 0 unspecified atom stereocenters. The lowest BCUT2D eigenvalue weighted by Gasteiger charge is -2.29. The molecule has 1 aromatic heterocycles. The second-order valence-electron chi connectivity index (χ2n) is 6.42. The molecule has 1 aliphatic rings. The summed E-state index contributed by atoms with van der Waals surface area (Å²) in [5.74, 6) is 0.257. The van der Waals surface area contributed by atoms with Gasteiger partial charge >= 0.3 is 0 Å². The van der Waals surface area contributed by atoms with E-state index in [2.05, 4.69) is 15.5 Å². The molecule has 1 aliphatic carbocycles. The highest BCUT2D eigenvalue weighted by Gasteiger charge is 2.24. The lowest BCUT2D eigenvalue weighted by molar-refractivity contribution is 0.0887. The van der Waals surface area contributed by atoms with Crippen LogP contribution >= 0.6 is 0 Å². The molecule has 0 spiro atoms. The molecule has 0 aliphatic heterocycles. The first kappa shape index (κ1) is 17.7. The number of phenols is 1. The van der Waals surface area contributed by atoms with Crippen molar-refractivity contribution >= 4 is 5.91 Å². The van der Waals surface area contributed by atoms with E-state index in [1.165, 1.54) is 6.07 Å². The summed E-state index contributed by atoms with van der Waals surface area (Å²) in [7, 11) is 0. The molecule has 2 aromatic rings. The number of nitrogens with zero attached hydrogens (tertiary/aromatic N) is 3. The molecule has 7 heteroatoms. The first-order chi connectivity index (χ1) is 12.5. The Balaban J connectivity index is 1.49. The smallest absolute Gasteiger partial charge is 0.272 e. The Morgan fingerprint density at radius 3 is 2.62 bits per heavy atom. The Labute approximate surface area is 151 Å². The normalized spacial score (nSPS) is 19.4. The van der Waals surface area contributed by atoms with Crippen LogP contribution in [0.4, 0.5) is 0 Å². The number of aryl methyl sites for hydroxylation is 1. The van der Waals surface area contributed by atoms with Crippen LogP contribution in [0.1, 0.15) is 47.4 Å². The number of rotatable bonds is 4. The zero-order valence-electron chi connectivity index (χ0n) is 14.5. The fourth-order valence-corrected chi connectivity index (χ4v) is 2.98. The van der Waals surface area contributed by atoms with Gasteiger partial charge in [0.1, 0.15) is 17.6 Å². The number of aromatic nitrogens is 2. The van der Waals surface area contributed by atoms with Gasteiger partial charge in [0, 0.05) is 12.1 Å². The van der Waals surface area contributed by atoms with Crippen molar-refractivity contribution in [2.45, 2.75) is 44.8 Å². The van der Waals surface area contributed by atoms with Gasteiger partial charge in [0.25, 0.3) is 5.91 Å². The van der Waals surface area contributed by atoms with Gasteiger partial charge in [-0.05, 0) is 56.9 Å². The summed E-state index contributed by atoms with van der Waals surface area (Å²) in [5, 5.41) is 29.4. The van der Waals surface area contributed by atoms with Crippen LogP contribution in [0, 0.1) is 18.3 Å². The maximum atomic E-state index is 12.2. The molecule has 1 heterocycles. The number of aromatic hydroxyl groups is 1. The number of carbonyl (C=O) groups excluding carboxylic acids is 1. The Kier molecular flexibility index (Phi) is 5.32. The molecule has 0 saturated heterocycles. The van der Waals surface area contributed by atoms with Crippen LogP contribution in [0.25, 0.3) is 0 Å². The summed E-state index contributed by atoms with van der Waals surface area (Å²) in [5.41, 5.74) is 1.32. The van der Waals surface area contributed by atoms with Crippen molar-refractivity contribution in [2.75, 3.05) is 0 Å². The van der Waals surface area contributed by atoms with Crippen molar-refractivity contribution in [2.24, 2.45) is 0 Å². The van der Waals surface area contributed by atoms with E-state index in [1.54, 1.807) is 24.3 Å². The van der Waals surface area contributed by atoms with Crippen molar-refractivity contribution < 1.29 is 14.6 Å². The van der Waals surface area contributed by atoms with Gasteiger partial charge in [-0.1, -0.05) is 0 Å². The van der Waals surface area contributed by atoms with E-state index in [0.29, 0.717) is 11.4 Å². The molecule has 0 radical (unpaired) electrons. The summed E-state index contributed by atoms with van der Waals surface area (Å²) < 4.78 is 5.88. The quantitative estimate of drug-likeness (QED) is 0.875. The fraction of sp³-hybridized carbons (Fsp3) is 0.368. The molecule has 1 amide bonds. The monoisotopic (exact) mass is 352 g/mol. The maximum absolute atomic E-state index is 12.2. The number of benzene rings is 1. The van der Waals surface area contributed by atoms with Crippen LogP contribution in [-0.2, 0) is 0 Å². The maximum Gasteiger partial charge on any atom is 0.272 e. The van der Waals surface area contributed by atoms with Crippen LogP contribution in [0.3, 0.4) is 0 Å². The molecule has 1 saturated carbocycles. The molecule has 26 heavy (non-hydrogen) atoms. The second-order valence-corrected chi connectivity index (χ2v) is 6.42. The van der Waals surface area contributed by atoms with E-state index in [1.807, 2.05) is 13.0 Å². The molecule has 2 N–H and O–H groups in total. The zero-order valence-corrected chi connectivity index (χ0v) is 14.5. The molecule has 134 valence electrons. The third-order valence-electron chi connectivity index (χ3n) is 4.43. The van der Waals surface area contributed by atoms with Crippen molar-refractivity contribution in [3.05, 3.63) is 47.3 Å². The number of hydrogen-bond acceptors (Lipinski definition) is 6. The van der Waals surface area contributed by atoms with E-state index in [-0.39, 0.29) is 29.4 Å². The second kappa shape index (κ2) is 7.83. The largest absolute Gasteiger partial charge is 0.506 e. The Morgan fingerprint density at radius 2 is 2.00 bits per heavy atom. The van der Waals surface area contributed by atoms with Crippen molar-refractivity contribution in [1.29, 1.82) is 5.26 Å². The highest BCUT2D eigenvalue weighted by atomic mass is 16.5. The number of amides is 1.